The smallest absolute Gasteiger partial charge is 0.223 e. The van der Waals surface area contributed by atoms with Gasteiger partial charge in [0.1, 0.15) is 5.75 Å². The molecule has 0 spiro atoms. The van der Waals surface area contributed by atoms with Crippen LogP contribution in [0.4, 0.5) is 0 Å². The number of ether oxygens (including phenoxy) is 1. The molecule has 1 amide bonds. The molecule has 1 atom stereocenters. The van der Waals surface area contributed by atoms with E-state index in [4.69, 9.17) is 9.84 Å². The highest BCUT2D eigenvalue weighted by Crippen LogP contribution is 2.14. The number of carbonyl (C=O) groups excluding carboxylic acids is 1. The average Bonchev–Trinajstić information content (AvgIpc) is 2.41. The van der Waals surface area contributed by atoms with Crippen LogP contribution in [0.25, 0.3) is 0 Å². The van der Waals surface area contributed by atoms with Gasteiger partial charge in [-0.05, 0) is 38.8 Å². The second-order valence-electron chi connectivity index (χ2n) is 5.35. The first-order chi connectivity index (χ1) is 9.49. The number of amides is 1. The molecule has 1 aromatic carbocycles. The fourth-order valence-electron chi connectivity index (χ4n) is 1.87. The molecular formula is C16H25NO3. The van der Waals surface area contributed by atoms with Crippen LogP contribution in [-0.4, -0.2) is 29.8 Å². The van der Waals surface area contributed by atoms with Gasteiger partial charge in [0.2, 0.25) is 5.91 Å². The van der Waals surface area contributed by atoms with Crippen molar-refractivity contribution in [1.82, 2.24) is 5.32 Å². The summed E-state index contributed by atoms with van der Waals surface area (Å²) in [4.78, 5) is 11.9. The molecule has 0 fully saturated rings. The lowest BCUT2D eigenvalue weighted by molar-refractivity contribution is -0.123. The Bertz CT molecular complexity index is 416. The predicted octanol–water partition coefficient (Wildman–Crippen LogP) is 2.43. The Morgan fingerprint density at radius 3 is 2.55 bits per heavy atom. The van der Waals surface area contributed by atoms with E-state index < -0.39 is 0 Å². The van der Waals surface area contributed by atoms with E-state index >= 15 is 0 Å². The van der Waals surface area contributed by atoms with Crippen LogP contribution < -0.4 is 10.1 Å². The average molecular weight is 279 g/mol. The lowest BCUT2D eigenvalue weighted by atomic mass is 9.95. The Balaban J connectivity index is 2.34. The molecule has 4 heteroatoms. The minimum Gasteiger partial charge on any atom is -0.493 e. The van der Waals surface area contributed by atoms with Gasteiger partial charge in [-0.15, -0.1) is 0 Å². The highest BCUT2D eigenvalue weighted by atomic mass is 16.5. The Labute approximate surface area is 121 Å². The summed E-state index contributed by atoms with van der Waals surface area (Å²) in [5.74, 6) is 0.729. The van der Waals surface area contributed by atoms with E-state index in [0.29, 0.717) is 19.4 Å². The Hall–Kier alpha value is -1.55. The van der Waals surface area contributed by atoms with Crippen LogP contribution in [0.1, 0.15) is 38.7 Å². The van der Waals surface area contributed by atoms with Crippen molar-refractivity contribution in [2.75, 3.05) is 13.2 Å². The van der Waals surface area contributed by atoms with Crippen LogP contribution in [0.3, 0.4) is 0 Å². The summed E-state index contributed by atoms with van der Waals surface area (Å²) in [6.45, 7) is 6.39. The third kappa shape index (κ3) is 5.61. The number of hydrogen-bond acceptors (Lipinski definition) is 3. The van der Waals surface area contributed by atoms with Crippen molar-refractivity contribution < 1.29 is 14.6 Å². The Morgan fingerprint density at radius 1 is 1.35 bits per heavy atom. The zero-order valence-electron chi connectivity index (χ0n) is 12.6. The van der Waals surface area contributed by atoms with Gasteiger partial charge in [0, 0.05) is 12.1 Å². The molecule has 0 aromatic heterocycles. The van der Waals surface area contributed by atoms with Crippen LogP contribution in [-0.2, 0) is 4.79 Å². The maximum absolute atomic E-state index is 11.9. The topological polar surface area (TPSA) is 58.6 Å². The molecule has 1 rings (SSSR count). The van der Waals surface area contributed by atoms with Crippen LogP contribution in [0.2, 0.25) is 0 Å². The molecule has 1 aromatic rings. The standard InChI is InChI=1S/C16H25NO3/c1-4-16(3,10-11-18)17-15(19)9-12-20-14-7-5-13(2)6-8-14/h5-8,18H,4,9-12H2,1-3H3,(H,17,19). The lowest BCUT2D eigenvalue weighted by Gasteiger charge is -2.29. The van der Waals surface area contributed by atoms with Crippen molar-refractivity contribution in [2.24, 2.45) is 0 Å². The first kappa shape index (κ1) is 16.5. The van der Waals surface area contributed by atoms with Gasteiger partial charge in [0.15, 0.2) is 0 Å². The van der Waals surface area contributed by atoms with Crippen LogP contribution in [0.5, 0.6) is 5.75 Å². The summed E-state index contributed by atoms with van der Waals surface area (Å²) in [5.41, 5.74) is 0.841. The number of aliphatic hydroxyl groups excluding tert-OH is 1. The van der Waals surface area contributed by atoms with Gasteiger partial charge < -0.3 is 15.2 Å². The van der Waals surface area contributed by atoms with Gasteiger partial charge in [-0.1, -0.05) is 24.6 Å². The third-order valence-corrected chi connectivity index (χ3v) is 3.50. The molecule has 0 aliphatic heterocycles. The largest absolute Gasteiger partial charge is 0.493 e. The van der Waals surface area contributed by atoms with E-state index in [-0.39, 0.29) is 18.1 Å². The number of rotatable bonds is 8. The van der Waals surface area contributed by atoms with E-state index in [1.807, 2.05) is 45.0 Å². The second-order valence-corrected chi connectivity index (χ2v) is 5.35. The number of hydrogen-bond donors (Lipinski definition) is 2. The number of nitrogens with one attached hydrogen (secondary N) is 1. The van der Waals surface area contributed by atoms with Crippen molar-refractivity contribution >= 4 is 5.91 Å². The van der Waals surface area contributed by atoms with Gasteiger partial charge >= 0.3 is 0 Å². The summed E-state index contributed by atoms with van der Waals surface area (Å²) < 4.78 is 5.53. The molecule has 2 N–H and O–H groups in total. The van der Waals surface area contributed by atoms with Gasteiger partial charge in [-0.25, -0.2) is 0 Å². The number of aryl methyl sites for hydroxylation is 1. The van der Waals surface area contributed by atoms with Crippen LogP contribution >= 0.6 is 0 Å². The predicted molar refractivity (Wildman–Crippen MR) is 79.8 cm³/mol. The fraction of sp³-hybridized carbons (Fsp3) is 0.562. The van der Waals surface area contributed by atoms with Crippen molar-refractivity contribution in [3.05, 3.63) is 29.8 Å². The van der Waals surface area contributed by atoms with Gasteiger partial charge in [-0.3, -0.25) is 4.79 Å². The third-order valence-electron chi connectivity index (χ3n) is 3.50. The van der Waals surface area contributed by atoms with Crippen molar-refractivity contribution in [3.8, 4) is 5.75 Å². The molecule has 0 bridgehead atoms. The lowest BCUT2D eigenvalue weighted by Crippen LogP contribution is -2.46. The quantitative estimate of drug-likeness (QED) is 0.768. The first-order valence-electron chi connectivity index (χ1n) is 7.10. The zero-order chi connectivity index (χ0) is 15.0. The van der Waals surface area contributed by atoms with Gasteiger partial charge in [0.05, 0.1) is 13.0 Å². The highest BCUT2D eigenvalue weighted by molar-refractivity contribution is 5.76. The molecule has 1 unspecified atom stereocenters. The molecule has 0 radical (unpaired) electrons. The Morgan fingerprint density at radius 2 is 2.00 bits per heavy atom. The minimum atomic E-state index is -0.338. The Kier molecular flexibility index (Phi) is 6.52. The van der Waals surface area contributed by atoms with E-state index in [9.17, 15) is 4.79 Å². The van der Waals surface area contributed by atoms with Gasteiger partial charge in [0.25, 0.3) is 0 Å². The molecule has 0 heterocycles. The van der Waals surface area contributed by atoms with Crippen molar-refractivity contribution in [3.63, 3.8) is 0 Å². The first-order valence-corrected chi connectivity index (χ1v) is 7.10. The maximum Gasteiger partial charge on any atom is 0.223 e. The molecule has 0 saturated carbocycles. The highest BCUT2D eigenvalue weighted by Gasteiger charge is 2.23. The van der Waals surface area contributed by atoms with Crippen molar-refractivity contribution in [1.29, 1.82) is 0 Å². The normalized spacial score (nSPS) is 13.6. The molecule has 4 nitrogen and oxygen atoms in total. The van der Waals surface area contributed by atoms with Crippen molar-refractivity contribution in [2.45, 2.75) is 45.6 Å². The molecule has 112 valence electrons. The number of aliphatic hydroxyl groups is 1. The summed E-state index contributed by atoms with van der Waals surface area (Å²) in [5, 5.41) is 12.0. The van der Waals surface area contributed by atoms with Gasteiger partial charge in [-0.2, -0.15) is 0 Å². The SMILES string of the molecule is CCC(C)(CCO)NC(=O)CCOc1ccc(C)cc1. The second kappa shape index (κ2) is 7.90. The van der Waals surface area contributed by atoms with E-state index in [1.165, 1.54) is 5.56 Å². The fourth-order valence-corrected chi connectivity index (χ4v) is 1.87. The molecule has 0 aliphatic carbocycles. The number of benzene rings is 1. The number of carbonyl (C=O) groups is 1. The molecule has 0 saturated heterocycles. The summed E-state index contributed by atoms with van der Waals surface area (Å²) >= 11 is 0. The van der Waals surface area contributed by atoms with E-state index in [1.54, 1.807) is 0 Å². The van der Waals surface area contributed by atoms with Crippen LogP contribution in [0, 0.1) is 6.92 Å². The molecule has 0 aliphatic rings. The minimum absolute atomic E-state index is 0.0464. The summed E-state index contributed by atoms with van der Waals surface area (Å²) in [6, 6.07) is 7.75. The van der Waals surface area contributed by atoms with Crippen LogP contribution in [0.15, 0.2) is 24.3 Å². The van der Waals surface area contributed by atoms with E-state index in [0.717, 1.165) is 12.2 Å². The zero-order valence-corrected chi connectivity index (χ0v) is 12.6. The van der Waals surface area contributed by atoms with E-state index in [2.05, 4.69) is 5.32 Å². The summed E-state index contributed by atoms with van der Waals surface area (Å²) in [6.07, 6.45) is 1.67. The monoisotopic (exact) mass is 279 g/mol. The molecule has 20 heavy (non-hydrogen) atoms. The molecular weight excluding hydrogens is 254 g/mol. The maximum atomic E-state index is 11.9. The summed E-state index contributed by atoms with van der Waals surface area (Å²) in [7, 11) is 0.